The third kappa shape index (κ3) is 3.08. The van der Waals surface area contributed by atoms with Crippen LogP contribution in [0.4, 0.5) is 5.13 Å². The van der Waals surface area contributed by atoms with Gasteiger partial charge in [0.25, 0.3) is 5.91 Å². The fraction of sp³-hybridized carbons (Fsp3) is 0.235. The van der Waals surface area contributed by atoms with Crippen LogP contribution in [0.3, 0.4) is 0 Å². The van der Waals surface area contributed by atoms with Crippen LogP contribution in [0.5, 0.6) is 0 Å². The van der Waals surface area contributed by atoms with Crippen LogP contribution in [0, 0.1) is 0 Å². The number of methoxy groups -OCH3 is 1. The quantitative estimate of drug-likeness (QED) is 0.641. The third-order valence-corrected chi connectivity index (χ3v) is 4.89. The Labute approximate surface area is 153 Å². The summed E-state index contributed by atoms with van der Waals surface area (Å²) in [6, 6.07) is 9.43. The molecular formula is C17H15N5O3S. The maximum absolute atomic E-state index is 13.0. The van der Waals surface area contributed by atoms with Gasteiger partial charge in [-0.3, -0.25) is 9.69 Å². The zero-order chi connectivity index (χ0) is 18.1. The van der Waals surface area contributed by atoms with Crippen LogP contribution >= 0.6 is 11.3 Å². The van der Waals surface area contributed by atoms with Crippen molar-refractivity contribution in [2.24, 2.45) is 0 Å². The zero-order valence-corrected chi connectivity index (χ0v) is 14.7. The van der Waals surface area contributed by atoms with E-state index in [0.717, 1.165) is 29.9 Å². The molecule has 26 heavy (non-hydrogen) atoms. The van der Waals surface area contributed by atoms with Gasteiger partial charge < -0.3 is 4.74 Å². The molecule has 1 aliphatic carbocycles. The van der Waals surface area contributed by atoms with E-state index in [0.29, 0.717) is 10.0 Å². The molecule has 0 N–H and O–H groups in total. The molecule has 9 heteroatoms. The zero-order valence-electron chi connectivity index (χ0n) is 13.9. The Balaban J connectivity index is 1.62. The van der Waals surface area contributed by atoms with E-state index in [-0.39, 0.29) is 17.6 Å². The molecular weight excluding hydrogens is 354 g/mol. The normalized spacial score (nSPS) is 13.4. The van der Waals surface area contributed by atoms with Gasteiger partial charge in [0.15, 0.2) is 10.8 Å². The predicted octanol–water partition coefficient (Wildman–Crippen LogP) is 2.32. The van der Waals surface area contributed by atoms with E-state index in [1.54, 1.807) is 4.90 Å². The smallest absolute Gasteiger partial charge is 0.349 e. The number of anilines is 1. The van der Waals surface area contributed by atoms with Gasteiger partial charge >= 0.3 is 5.97 Å². The molecule has 1 amide bonds. The highest BCUT2D eigenvalue weighted by Gasteiger charge is 2.37. The predicted molar refractivity (Wildman–Crippen MR) is 94.6 cm³/mol. The second-order valence-corrected chi connectivity index (χ2v) is 6.77. The second-order valence-electron chi connectivity index (χ2n) is 5.76. The fourth-order valence-corrected chi connectivity index (χ4v) is 3.39. The number of carbonyl (C=O) groups is 2. The summed E-state index contributed by atoms with van der Waals surface area (Å²) in [6.07, 6.45) is 4.66. The van der Waals surface area contributed by atoms with Gasteiger partial charge in [-0.1, -0.05) is 29.5 Å². The summed E-state index contributed by atoms with van der Waals surface area (Å²) in [6.45, 7) is 0. The molecule has 0 aliphatic heterocycles. The van der Waals surface area contributed by atoms with Gasteiger partial charge in [0.05, 0.1) is 25.2 Å². The minimum Gasteiger partial charge on any atom is -0.465 e. The van der Waals surface area contributed by atoms with Crippen molar-refractivity contribution in [1.29, 1.82) is 0 Å². The maximum atomic E-state index is 13.0. The number of nitrogens with zero attached hydrogens (tertiary/aromatic N) is 5. The van der Waals surface area contributed by atoms with Crippen LogP contribution in [-0.4, -0.2) is 45.0 Å². The molecule has 2 aromatic heterocycles. The van der Waals surface area contributed by atoms with Gasteiger partial charge in [0.1, 0.15) is 4.88 Å². The molecule has 0 saturated heterocycles. The molecule has 1 fully saturated rings. The monoisotopic (exact) mass is 369 g/mol. The van der Waals surface area contributed by atoms with Crippen molar-refractivity contribution in [3.8, 4) is 5.69 Å². The molecule has 1 saturated carbocycles. The highest BCUT2D eigenvalue weighted by Crippen LogP contribution is 2.35. The van der Waals surface area contributed by atoms with E-state index in [2.05, 4.69) is 15.2 Å². The van der Waals surface area contributed by atoms with Gasteiger partial charge in [-0.2, -0.15) is 9.90 Å². The number of amides is 1. The average Bonchev–Trinajstić information content (AvgIpc) is 3.19. The van der Waals surface area contributed by atoms with Crippen LogP contribution in [0.25, 0.3) is 5.69 Å². The lowest BCUT2D eigenvalue weighted by atomic mass is 10.3. The minimum atomic E-state index is -0.466. The van der Waals surface area contributed by atoms with Crippen molar-refractivity contribution in [1.82, 2.24) is 20.0 Å². The van der Waals surface area contributed by atoms with Gasteiger partial charge in [0, 0.05) is 6.04 Å². The summed E-state index contributed by atoms with van der Waals surface area (Å²) < 4.78 is 4.71. The van der Waals surface area contributed by atoms with Crippen molar-refractivity contribution < 1.29 is 14.3 Å². The van der Waals surface area contributed by atoms with Gasteiger partial charge in [0.2, 0.25) is 0 Å². The second kappa shape index (κ2) is 6.68. The van der Waals surface area contributed by atoms with Gasteiger partial charge in [-0.25, -0.2) is 9.78 Å². The molecule has 0 atom stereocenters. The highest BCUT2D eigenvalue weighted by molar-refractivity contribution is 7.17. The lowest BCUT2D eigenvalue weighted by Gasteiger charge is -2.17. The Morgan fingerprint density at radius 2 is 2.00 bits per heavy atom. The van der Waals surface area contributed by atoms with Gasteiger partial charge in [-0.05, 0) is 25.0 Å². The Morgan fingerprint density at radius 3 is 2.69 bits per heavy atom. The Bertz CT molecular complexity index is 948. The number of ether oxygens (including phenoxy) is 1. The Morgan fingerprint density at radius 1 is 1.23 bits per heavy atom. The summed E-state index contributed by atoms with van der Waals surface area (Å²) >= 11 is 1.13. The van der Waals surface area contributed by atoms with Crippen molar-refractivity contribution in [3.05, 3.63) is 53.3 Å². The first-order chi connectivity index (χ1) is 12.7. The number of rotatable bonds is 5. The molecule has 0 unspecified atom stereocenters. The summed E-state index contributed by atoms with van der Waals surface area (Å²) in [4.78, 5) is 32.2. The van der Waals surface area contributed by atoms with E-state index < -0.39 is 5.97 Å². The molecule has 0 spiro atoms. The molecule has 8 nitrogen and oxygen atoms in total. The first-order valence-corrected chi connectivity index (χ1v) is 8.84. The van der Waals surface area contributed by atoms with E-state index in [9.17, 15) is 9.59 Å². The van der Waals surface area contributed by atoms with Gasteiger partial charge in [-0.15, -0.1) is 5.10 Å². The van der Waals surface area contributed by atoms with Crippen molar-refractivity contribution in [3.63, 3.8) is 0 Å². The summed E-state index contributed by atoms with van der Waals surface area (Å²) in [5, 5.41) is 8.94. The number of hydrogen-bond donors (Lipinski definition) is 0. The topological polar surface area (TPSA) is 90.2 Å². The standard InChI is InChI=1S/C17H15N5O3S/c1-25-16(24)14-10-18-17(26-14)21(11-7-8-11)15(23)13-9-19-22(20-13)12-5-3-2-4-6-12/h2-6,9-11H,7-8H2,1H3. The molecule has 1 aliphatic rings. The number of para-hydroxylation sites is 1. The molecule has 4 rings (SSSR count). The number of hydrogen-bond acceptors (Lipinski definition) is 7. The van der Waals surface area contributed by atoms with Crippen molar-refractivity contribution >= 4 is 28.3 Å². The summed E-state index contributed by atoms with van der Waals surface area (Å²) in [5.41, 5.74) is 1.00. The molecule has 1 aromatic carbocycles. The Hall–Kier alpha value is -3.07. The van der Waals surface area contributed by atoms with Crippen molar-refractivity contribution in [2.75, 3.05) is 12.0 Å². The van der Waals surface area contributed by atoms with Crippen molar-refractivity contribution in [2.45, 2.75) is 18.9 Å². The SMILES string of the molecule is COC(=O)c1cnc(N(C(=O)c2cnn(-c3ccccc3)n2)C2CC2)s1. The summed E-state index contributed by atoms with van der Waals surface area (Å²) in [5.74, 6) is -0.743. The first kappa shape index (κ1) is 16.4. The maximum Gasteiger partial charge on any atom is 0.349 e. The number of carbonyl (C=O) groups excluding carboxylic acids is 2. The molecule has 0 radical (unpaired) electrons. The summed E-state index contributed by atoms with van der Waals surface area (Å²) in [7, 11) is 1.31. The first-order valence-electron chi connectivity index (χ1n) is 8.03. The fourth-order valence-electron chi connectivity index (χ4n) is 2.48. The van der Waals surface area contributed by atoms with E-state index in [4.69, 9.17) is 4.74 Å². The lowest BCUT2D eigenvalue weighted by molar-refractivity contribution is 0.0606. The number of benzene rings is 1. The molecule has 2 heterocycles. The molecule has 0 bridgehead atoms. The number of aromatic nitrogens is 4. The molecule has 3 aromatic rings. The minimum absolute atomic E-state index is 0.0704. The van der Waals surface area contributed by atoms with Crippen LogP contribution in [-0.2, 0) is 4.74 Å². The Kier molecular flexibility index (Phi) is 4.21. The van der Waals surface area contributed by atoms with E-state index >= 15 is 0 Å². The van der Waals surface area contributed by atoms with E-state index in [1.807, 2.05) is 30.3 Å². The largest absolute Gasteiger partial charge is 0.465 e. The van der Waals surface area contributed by atoms with E-state index in [1.165, 1.54) is 24.3 Å². The molecule has 132 valence electrons. The van der Waals surface area contributed by atoms with Crippen LogP contribution in [0.2, 0.25) is 0 Å². The number of esters is 1. The van der Waals surface area contributed by atoms with Crippen LogP contribution < -0.4 is 4.90 Å². The van der Waals surface area contributed by atoms with Crippen LogP contribution in [0.15, 0.2) is 42.7 Å². The number of thiazole rings is 1. The van der Waals surface area contributed by atoms with Crippen LogP contribution in [0.1, 0.15) is 33.0 Å². The average molecular weight is 369 g/mol. The third-order valence-electron chi connectivity index (χ3n) is 3.92. The lowest BCUT2D eigenvalue weighted by Crippen LogP contribution is -2.33. The highest BCUT2D eigenvalue weighted by atomic mass is 32.1.